The van der Waals surface area contributed by atoms with E-state index < -0.39 is 5.66 Å². The Balaban J connectivity index is 1.70. The van der Waals surface area contributed by atoms with E-state index in [1.165, 1.54) is 71.0 Å². The van der Waals surface area contributed by atoms with Gasteiger partial charge in [0.2, 0.25) is 11.2 Å². The van der Waals surface area contributed by atoms with Gasteiger partial charge in [-0.15, -0.1) is 4.57 Å². The van der Waals surface area contributed by atoms with Crippen molar-refractivity contribution in [1.82, 2.24) is 0 Å². The van der Waals surface area contributed by atoms with Crippen LogP contribution in [-0.2, 0) is 20.9 Å². The van der Waals surface area contributed by atoms with Gasteiger partial charge < -0.3 is 0 Å². The van der Waals surface area contributed by atoms with Gasteiger partial charge in [0.15, 0.2) is 0 Å². The average molecular weight is 431 g/mol. The third-order valence-corrected chi connectivity index (χ3v) is 9.01. The highest BCUT2D eigenvalue weighted by atomic mass is 17.0. The Kier molecular flexibility index (Phi) is 4.21. The summed E-state index contributed by atoms with van der Waals surface area (Å²) in [5, 5.41) is 1.38. The Morgan fingerprint density at radius 1 is 0.938 bits per heavy atom. The molecule has 2 unspecified atom stereocenters. The summed E-state index contributed by atoms with van der Waals surface area (Å²) in [7, 11) is 3.54. The van der Waals surface area contributed by atoms with Crippen LogP contribution in [0.3, 0.4) is 0 Å². The molecule has 3 aliphatic rings. The maximum Gasteiger partial charge on any atom is 0.417 e. The van der Waals surface area contributed by atoms with Crippen molar-refractivity contribution >= 4 is 10.9 Å². The normalized spacial score (nSPS) is 28.2. The van der Waals surface area contributed by atoms with Crippen molar-refractivity contribution in [2.75, 3.05) is 14.2 Å². The van der Waals surface area contributed by atoms with Crippen molar-refractivity contribution in [2.45, 2.75) is 70.0 Å². The second-order valence-corrected chi connectivity index (χ2v) is 10.2. The van der Waals surface area contributed by atoms with Crippen molar-refractivity contribution < 1.29 is 19.1 Å². The predicted molar refractivity (Wildman–Crippen MR) is 125 cm³/mol. The number of benzene rings is 2. The van der Waals surface area contributed by atoms with Gasteiger partial charge in [0.1, 0.15) is 0 Å². The number of fused-ring (bicyclic) bond motifs is 8. The summed E-state index contributed by atoms with van der Waals surface area (Å²) in [6.07, 6.45) is 6.66. The number of rotatable bonds is 3. The zero-order valence-corrected chi connectivity index (χ0v) is 19.9. The third-order valence-electron chi connectivity index (χ3n) is 9.01. The Bertz CT molecular complexity index is 1240. The number of hydroxylamine groups is 4. The van der Waals surface area contributed by atoms with Crippen molar-refractivity contribution in [1.29, 1.82) is 0 Å². The lowest BCUT2D eigenvalue weighted by atomic mass is 9.81. The molecule has 1 saturated heterocycles. The molecule has 1 aliphatic carbocycles. The van der Waals surface area contributed by atoms with E-state index >= 15 is 0 Å². The summed E-state index contributed by atoms with van der Waals surface area (Å²) < 4.78 is 2.52. The summed E-state index contributed by atoms with van der Waals surface area (Å²) in [6.45, 7) is 6.75. The molecule has 4 heteroatoms. The monoisotopic (exact) mass is 430 g/mol. The lowest BCUT2D eigenvalue weighted by molar-refractivity contribution is -1.23. The number of hydrogen-bond acceptors (Lipinski definition) is 2. The minimum atomic E-state index is -0.404. The molecule has 0 amide bonds. The molecule has 0 N–H and O–H groups in total. The first-order chi connectivity index (χ1) is 15.4. The molecule has 3 aromatic rings. The van der Waals surface area contributed by atoms with E-state index in [9.17, 15) is 0 Å². The van der Waals surface area contributed by atoms with Gasteiger partial charge in [0, 0.05) is 29.4 Å². The van der Waals surface area contributed by atoms with E-state index in [1.54, 1.807) is 14.2 Å². The second kappa shape index (κ2) is 6.63. The van der Waals surface area contributed by atoms with Crippen LogP contribution in [0.2, 0.25) is 0 Å². The first kappa shape index (κ1) is 20.3. The van der Waals surface area contributed by atoms with E-state index in [-0.39, 0.29) is 10.3 Å². The van der Waals surface area contributed by atoms with Gasteiger partial charge in [0.05, 0.1) is 32.1 Å². The molecular formula is C28H34N2O2+2. The molecule has 0 bridgehead atoms. The van der Waals surface area contributed by atoms with Crippen LogP contribution in [0.5, 0.6) is 0 Å². The van der Waals surface area contributed by atoms with Gasteiger partial charge in [-0.25, -0.2) is 0 Å². The summed E-state index contributed by atoms with van der Waals surface area (Å²) in [5.74, 6) is 0.659. The smallest absolute Gasteiger partial charge is 0.164 e. The third kappa shape index (κ3) is 2.12. The van der Waals surface area contributed by atoms with Crippen LogP contribution >= 0.6 is 0 Å². The number of aryl methyl sites for hydroxylation is 1. The van der Waals surface area contributed by atoms with Crippen molar-refractivity contribution in [3.8, 4) is 11.3 Å². The van der Waals surface area contributed by atoms with E-state index in [1.807, 2.05) is 0 Å². The van der Waals surface area contributed by atoms with Crippen LogP contribution in [0.1, 0.15) is 68.6 Å². The van der Waals surface area contributed by atoms with Crippen LogP contribution in [-0.4, -0.2) is 19.0 Å². The zero-order valence-electron chi connectivity index (χ0n) is 19.9. The lowest BCUT2D eigenvalue weighted by Crippen LogP contribution is -2.56. The molecule has 4 nitrogen and oxygen atoms in total. The highest BCUT2D eigenvalue weighted by molar-refractivity contribution is 5.83. The fourth-order valence-electron chi connectivity index (χ4n) is 7.33. The number of aromatic nitrogens is 1. The molecule has 3 heterocycles. The minimum Gasteiger partial charge on any atom is -0.164 e. The topological polar surface area (TPSA) is 22.3 Å². The zero-order chi connectivity index (χ0) is 22.3. The molecule has 2 atom stereocenters. The molecule has 1 saturated carbocycles. The van der Waals surface area contributed by atoms with Gasteiger partial charge in [0.25, 0.3) is 0 Å². The highest BCUT2D eigenvalue weighted by Gasteiger charge is 3.02. The van der Waals surface area contributed by atoms with Crippen LogP contribution in [0.15, 0.2) is 48.5 Å². The molecule has 2 fully saturated rings. The standard InChI is InChI=1S/C28H34N2O2/c1-19-14-16-24-23(18-19)26-17-15-22-21(20-10-7-6-8-11-20)12-9-13-25(22)29(26)28(3)27(24,2)30(28,31-4)32-5/h9,12-18,20H,6-8,10-11H2,1-5H3/q+2. The van der Waals surface area contributed by atoms with Crippen molar-refractivity contribution in [3.63, 3.8) is 0 Å². The van der Waals surface area contributed by atoms with E-state index in [4.69, 9.17) is 9.68 Å². The maximum absolute atomic E-state index is 6.18. The van der Waals surface area contributed by atoms with Crippen molar-refractivity contribution in [2.24, 2.45) is 0 Å². The van der Waals surface area contributed by atoms with E-state index in [0.717, 1.165) is 0 Å². The Labute approximate surface area is 190 Å². The molecule has 6 rings (SSSR count). The quantitative estimate of drug-likeness (QED) is 0.289. The Morgan fingerprint density at radius 2 is 1.69 bits per heavy atom. The SMILES string of the molecule is CO[N+]1(OC)C2(C)c3ccc(C)cc3-c3ccc4c(C5CCCCC5)cccc4[n+]3C21C. The van der Waals surface area contributed by atoms with Crippen LogP contribution in [0.4, 0.5) is 0 Å². The number of hydrogen-bond donors (Lipinski definition) is 0. The van der Waals surface area contributed by atoms with Crippen LogP contribution in [0, 0.1) is 6.92 Å². The summed E-state index contributed by atoms with van der Waals surface area (Å²) >= 11 is 0. The molecule has 2 aliphatic heterocycles. The molecule has 0 radical (unpaired) electrons. The van der Waals surface area contributed by atoms with E-state index in [0.29, 0.717) is 5.92 Å². The van der Waals surface area contributed by atoms with Gasteiger partial charge >= 0.3 is 11.2 Å². The molecule has 0 spiro atoms. The van der Waals surface area contributed by atoms with Gasteiger partial charge in [-0.2, -0.15) is 9.68 Å². The van der Waals surface area contributed by atoms with Crippen LogP contribution in [0.25, 0.3) is 22.2 Å². The molecule has 1 aromatic heterocycles. The highest BCUT2D eigenvalue weighted by Crippen LogP contribution is 2.70. The lowest BCUT2D eigenvalue weighted by Gasteiger charge is -2.24. The first-order valence-electron chi connectivity index (χ1n) is 12.0. The van der Waals surface area contributed by atoms with Crippen LogP contribution < -0.4 is 4.57 Å². The number of nitrogens with zero attached hydrogens (tertiary/aromatic N) is 2. The Hall–Kier alpha value is -2.27. The summed E-state index contributed by atoms with van der Waals surface area (Å²) in [5.41, 5.74) is 7.12. The first-order valence-corrected chi connectivity index (χ1v) is 12.0. The van der Waals surface area contributed by atoms with Gasteiger partial charge in [-0.3, -0.25) is 0 Å². The maximum atomic E-state index is 6.18. The largest absolute Gasteiger partial charge is 0.417 e. The predicted octanol–water partition coefficient (Wildman–Crippen LogP) is 6.01. The minimum absolute atomic E-state index is 0.125. The molecule has 32 heavy (non-hydrogen) atoms. The number of pyridine rings is 1. The Morgan fingerprint density at radius 3 is 2.41 bits per heavy atom. The van der Waals surface area contributed by atoms with Crippen molar-refractivity contribution in [3.05, 3.63) is 65.2 Å². The van der Waals surface area contributed by atoms with E-state index in [2.05, 4.69) is 73.9 Å². The van der Waals surface area contributed by atoms with Gasteiger partial charge in [-0.1, -0.05) is 49.1 Å². The fraction of sp³-hybridized carbons (Fsp3) is 0.464. The second-order valence-electron chi connectivity index (χ2n) is 10.2. The van der Waals surface area contributed by atoms with Gasteiger partial charge in [-0.05, 0) is 43.4 Å². The number of quaternary nitrogens is 1. The summed E-state index contributed by atoms with van der Waals surface area (Å²) in [4.78, 5) is 12.5. The fourth-order valence-corrected chi connectivity index (χ4v) is 7.33. The molecule has 166 valence electrons. The summed E-state index contributed by atoms with van der Waals surface area (Å²) in [6, 6.07) is 18.4. The average Bonchev–Trinajstić information content (AvgIpc) is 3.29. The molecule has 2 aromatic carbocycles. The molecular weight excluding hydrogens is 396 g/mol.